The van der Waals surface area contributed by atoms with Crippen molar-refractivity contribution >= 4 is 37.6 Å². The molecule has 0 saturated heterocycles. The molecule has 4 rings (SSSR count). The van der Waals surface area contributed by atoms with Gasteiger partial charge in [0.05, 0.1) is 22.4 Å². The highest BCUT2D eigenvalue weighted by Gasteiger charge is 2.32. The Morgan fingerprint density at radius 1 is 1.15 bits per heavy atom. The molecule has 0 bridgehead atoms. The molecule has 0 fully saturated rings. The Morgan fingerprint density at radius 3 is 2.63 bits per heavy atom. The first-order valence-corrected chi connectivity index (χ1v) is 10.8. The molecule has 0 spiro atoms. The van der Waals surface area contributed by atoms with Gasteiger partial charge in [-0.15, -0.1) is 11.3 Å². The molecule has 0 amide bonds. The smallest absolute Gasteiger partial charge is 0.136 e. The molecule has 0 radical (unpaired) electrons. The highest BCUT2D eigenvalue weighted by atomic mass is 32.1. The predicted molar refractivity (Wildman–Crippen MR) is 113 cm³/mol. The summed E-state index contributed by atoms with van der Waals surface area (Å²) in [7, 11) is 0. The molecule has 144 valence electrons. The highest BCUT2D eigenvalue weighted by Crippen LogP contribution is 2.42. The van der Waals surface area contributed by atoms with Crippen LogP contribution in [0.2, 0.25) is 0 Å². The Hall–Kier alpha value is -1.79. The quantitative estimate of drug-likeness (QED) is 0.627. The van der Waals surface area contributed by atoms with Crippen LogP contribution in [0.1, 0.15) is 58.0 Å². The molecular formula is C21H28N4OS. The standard InChI is InChI=1S/C21H28N4OS/c1-6-9-16-22-11-15-18(23-16)17-13-10-21(4,5)26-12-14(13)19(24-20(17)27-15)25(7-2)8-3/h11H,6-10,12H2,1-5H3. The first-order chi connectivity index (χ1) is 13.0. The lowest BCUT2D eigenvalue weighted by molar-refractivity contribution is -0.0395. The minimum absolute atomic E-state index is 0.171. The van der Waals surface area contributed by atoms with E-state index in [1.165, 1.54) is 16.5 Å². The monoisotopic (exact) mass is 384 g/mol. The van der Waals surface area contributed by atoms with E-state index in [4.69, 9.17) is 14.7 Å². The minimum atomic E-state index is -0.171. The van der Waals surface area contributed by atoms with Crippen molar-refractivity contribution in [3.63, 3.8) is 0 Å². The maximum atomic E-state index is 6.18. The number of pyridine rings is 1. The van der Waals surface area contributed by atoms with E-state index in [0.29, 0.717) is 6.61 Å². The van der Waals surface area contributed by atoms with Crippen molar-refractivity contribution in [2.75, 3.05) is 18.0 Å². The molecule has 0 aliphatic carbocycles. The third-order valence-electron chi connectivity index (χ3n) is 5.35. The number of nitrogens with zero attached hydrogens (tertiary/aromatic N) is 4. The number of ether oxygens (including phenoxy) is 1. The summed E-state index contributed by atoms with van der Waals surface area (Å²) in [6.45, 7) is 13.4. The van der Waals surface area contributed by atoms with Crippen molar-refractivity contribution in [1.82, 2.24) is 15.0 Å². The summed E-state index contributed by atoms with van der Waals surface area (Å²) in [6, 6.07) is 0. The van der Waals surface area contributed by atoms with Crippen molar-refractivity contribution in [3.05, 3.63) is 23.1 Å². The first-order valence-electron chi connectivity index (χ1n) is 9.96. The fourth-order valence-electron chi connectivity index (χ4n) is 3.94. The van der Waals surface area contributed by atoms with Crippen molar-refractivity contribution in [2.24, 2.45) is 0 Å². The number of aromatic nitrogens is 3. The summed E-state index contributed by atoms with van der Waals surface area (Å²) in [4.78, 5) is 18.0. The van der Waals surface area contributed by atoms with Gasteiger partial charge in [-0.2, -0.15) is 0 Å². The Kier molecular flexibility index (Phi) is 4.80. The maximum Gasteiger partial charge on any atom is 0.136 e. The van der Waals surface area contributed by atoms with E-state index in [9.17, 15) is 0 Å². The van der Waals surface area contributed by atoms with Crippen LogP contribution in [0.3, 0.4) is 0 Å². The van der Waals surface area contributed by atoms with Gasteiger partial charge in [0.15, 0.2) is 0 Å². The molecule has 1 aliphatic heterocycles. The van der Waals surface area contributed by atoms with Crippen LogP contribution in [0.5, 0.6) is 0 Å². The number of aryl methyl sites for hydroxylation is 1. The molecule has 5 nitrogen and oxygen atoms in total. The zero-order chi connectivity index (χ0) is 19.2. The van der Waals surface area contributed by atoms with Crippen molar-refractivity contribution in [2.45, 2.75) is 66.1 Å². The molecule has 3 aromatic rings. The highest BCUT2D eigenvalue weighted by molar-refractivity contribution is 7.25. The van der Waals surface area contributed by atoms with Crippen molar-refractivity contribution in [3.8, 4) is 0 Å². The average molecular weight is 385 g/mol. The van der Waals surface area contributed by atoms with E-state index in [2.05, 4.69) is 44.5 Å². The van der Waals surface area contributed by atoms with Gasteiger partial charge in [0.25, 0.3) is 0 Å². The molecule has 3 aromatic heterocycles. The fraction of sp³-hybridized carbons (Fsp3) is 0.571. The number of fused-ring (bicyclic) bond motifs is 5. The van der Waals surface area contributed by atoms with Gasteiger partial charge in [0.1, 0.15) is 16.5 Å². The summed E-state index contributed by atoms with van der Waals surface area (Å²) in [5.41, 5.74) is 3.50. The number of anilines is 1. The van der Waals surface area contributed by atoms with Crippen LogP contribution in [0.15, 0.2) is 6.20 Å². The van der Waals surface area contributed by atoms with E-state index in [0.717, 1.165) is 59.0 Å². The zero-order valence-corrected chi connectivity index (χ0v) is 17.7. The van der Waals surface area contributed by atoms with E-state index in [-0.39, 0.29) is 5.60 Å². The summed E-state index contributed by atoms with van der Waals surface area (Å²) < 4.78 is 7.30. The third-order valence-corrected chi connectivity index (χ3v) is 6.36. The zero-order valence-electron chi connectivity index (χ0n) is 16.9. The summed E-state index contributed by atoms with van der Waals surface area (Å²) >= 11 is 1.71. The Balaban J connectivity index is 2.03. The summed E-state index contributed by atoms with van der Waals surface area (Å²) in [6.07, 6.45) is 4.83. The number of thiophene rings is 1. The molecular weight excluding hydrogens is 356 g/mol. The lowest BCUT2D eigenvalue weighted by Gasteiger charge is -2.35. The number of hydrogen-bond acceptors (Lipinski definition) is 6. The number of hydrogen-bond donors (Lipinski definition) is 0. The predicted octanol–water partition coefficient (Wildman–Crippen LogP) is 4.89. The second-order valence-electron chi connectivity index (χ2n) is 7.82. The molecule has 6 heteroatoms. The summed E-state index contributed by atoms with van der Waals surface area (Å²) in [5, 5.41) is 1.22. The van der Waals surface area contributed by atoms with Crippen LogP contribution in [0.4, 0.5) is 5.82 Å². The molecule has 4 heterocycles. The van der Waals surface area contributed by atoms with E-state index in [1.807, 2.05) is 6.20 Å². The average Bonchev–Trinajstić information content (AvgIpc) is 3.00. The molecule has 0 saturated carbocycles. The molecule has 0 atom stereocenters. The molecule has 0 aromatic carbocycles. The van der Waals surface area contributed by atoms with Crippen LogP contribution in [-0.2, 0) is 24.2 Å². The SMILES string of the molecule is CCCc1ncc2sc3nc(N(CC)CC)c4c(c3c2n1)CC(C)(C)OC4. The van der Waals surface area contributed by atoms with E-state index < -0.39 is 0 Å². The molecule has 0 N–H and O–H groups in total. The van der Waals surface area contributed by atoms with Gasteiger partial charge in [-0.05, 0) is 39.7 Å². The van der Waals surface area contributed by atoms with Gasteiger partial charge in [-0.3, -0.25) is 0 Å². The molecule has 0 unspecified atom stereocenters. The van der Waals surface area contributed by atoms with Crippen LogP contribution in [0, 0.1) is 0 Å². The maximum absolute atomic E-state index is 6.18. The van der Waals surface area contributed by atoms with Crippen molar-refractivity contribution < 1.29 is 4.74 Å². The normalized spacial score (nSPS) is 16.0. The van der Waals surface area contributed by atoms with Gasteiger partial charge in [-0.25, -0.2) is 15.0 Å². The minimum Gasteiger partial charge on any atom is -0.370 e. The van der Waals surface area contributed by atoms with Gasteiger partial charge in [-0.1, -0.05) is 6.92 Å². The Bertz CT molecular complexity index is 991. The Labute approximate surface area is 164 Å². The fourth-order valence-corrected chi connectivity index (χ4v) is 4.95. The molecule has 1 aliphatic rings. The lowest BCUT2D eigenvalue weighted by atomic mass is 9.90. The largest absolute Gasteiger partial charge is 0.370 e. The second kappa shape index (κ2) is 6.99. The van der Waals surface area contributed by atoms with Gasteiger partial charge >= 0.3 is 0 Å². The van der Waals surface area contributed by atoms with Crippen LogP contribution >= 0.6 is 11.3 Å². The van der Waals surface area contributed by atoms with Crippen LogP contribution in [0.25, 0.3) is 20.4 Å². The number of rotatable bonds is 5. The lowest BCUT2D eigenvalue weighted by Crippen LogP contribution is -2.34. The Morgan fingerprint density at radius 2 is 1.93 bits per heavy atom. The summed E-state index contributed by atoms with van der Waals surface area (Å²) in [5.74, 6) is 2.00. The first kappa shape index (κ1) is 18.6. The third kappa shape index (κ3) is 3.19. The van der Waals surface area contributed by atoms with Gasteiger partial charge in [0, 0.05) is 43.1 Å². The van der Waals surface area contributed by atoms with E-state index >= 15 is 0 Å². The van der Waals surface area contributed by atoms with Crippen molar-refractivity contribution in [1.29, 1.82) is 0 Å². The van der Waals surface area contributed by atoms with Crippen LogP contribution < -0.4 is 4.90 Å². The van der Waals surface area contributed by atoms with Gasteiger partial charge in [0.2, 0.25) is 0 Å². The van der Waals surface area contributed by atoms with Crippen LogP contribution in [-0.4, -0.2) is 33.6 Å². The topological polar surface area (TPSA) is 51.1 Å². The van der Waals surface area contributed by atoms with Gasteiger partial charge < -0.3 is 9.64 Å². The molecule has 27 heavy (non-hydrogen) atoms. The second-order valence-corrected chi connectivity index (χ2v) is 8.85. The van der Waals surface area contributed by atoms with E-state index in [1.54, 1.807) is 11.3 Å².